The van der Waals surface area contributed by atoms with Crippen LogP contribution >= 0.6 is 0 Å². The summed E-state index contributed by atoms with van der Waals surface area (Å²) in [6.07, 6.45) is -0.879. The lowest BCUT2D eigenvalue weighted by Crippen LogP contribution is -2.28. The van der Waals surface area contributed by atoms with Crippen LogP contribution in [0.25, 0.3) is 0 Å². The number of Topliss-reactive ketones (excluding diaryl/α,β-unsaturated/α-hetero) is 1. The van der Waals surface area contributed by atoms with Gasteiger partial charge in [-0.3, -0.25) is 14.6 Å². The Morgan fingerprint density at radius 1 is 1.27 bits per heavy atom. The maximum absolute atomic E-state index is 12.7. The number of hydrogen-bond acceptors (Lipinski definition) is 5. The normalized spacial score (nSPS) is 14.8. The summed E-state index contributed by atoms with van der Waals surface area (Å²) in [6, 6.07) is 5.90. The van der Waals surface area contributed by atoms with Gasteiger partial charge in [-0.15, -0.1) is 0 Å². The Labute approximate surface area is 171 Å². The molecule has 2 heterocycles. The van der Waals surface area contributed by atoms with Crippen LogP contribution in [0.5, 0.6) is 5.88 Å². The highest BCUT2D eigenvalue weighted by Crippen LogP contribution is 2.31. The molecule has 0 aliphatic heterocycles. The molecule has 3 rings (SSSR count). The topological polar surface area (TPSA) is 81.2 Å². The van der Waals surface area contributed by atoms with Crippen molar-refractivity contribution in [3.8, 4) is 5.88 Å². The van der Waals surface area contributed by atoms with E-state index in [0.29, 0.717) is 11.4 Å². The van der Waals surface area contributed by atoms with Gasteiger partial charge >= 0.3 is 6.18 Å². The van der Waals surface area contributed by atoms with E-state index in [1.807, 2.05) is 0 Å². The number of pyridine rings is 2. The van der Waals surface area contributed by atoms with Gasteiger partial charge in [-0.05, 0) is 56.5 Å². The predicted molar refractivity (Wildman–Crippen MR) is 102 cm³/mol. The van der Waals surface area contributed by atoms with Gasteiger partial charge in [0.15, 0.2) is 6.61 Å². The minimum Gasteiger partial charge on any atom is -0.467 e. The number of hydrogen-bond donors (Lipinski definition) is 1. The molecule has 1 unspecified atom stereocenters. The molecule has 30 heavy (non-hydrogen) atoms. The summed E-state index contributed by atoms with van der Waals surface area (Å²) in [5.74, 6) is -0.688. The summed E-state index contributed by atoms with van der Waals surface area (Å²) < 4.78 is 42.3. The zero-order valence-electron chi connectivity index (χ0n) is 16.6. The highest BCUT2D eigenvalue weighted by atomic mass is 19.4. The first-order valence-corrected chi connectivity index (χ1v) is 9.58. The van der Waals surface area contributed by atoms with E-state index in [9.17, 15) is 22.8 Å². The van der Waals surface area contributed by atoms with E-state index >= 15 is 0 Å². The number of carbonyl (C=O) groups excluding carboxylic acids is 2. The summed E-state index contributed by atoms with van der Waals surface area (Å²) in [4.78, 5) is 32.8. The van der Waals surface area contributed by atoms with E-state index in [4.69, 9.17) is 4.74 Å². The molecule has 0 bridgehead atoms. The van der Waals surface area contributed by atoms with Crippen LogP contribution in [-0.2, 0) is 11.2 Å². The molecule has 1 saturated carbocycles. The van der Waals surface area contributed by atoms with Crippen LogP contribution in [0.4, 0.5) is 13.2 Å². The second kappa shape index (κ2) is 8.81. The molecule has 0 saturated heterocycles. The third-order valence-corrected chi connectivity index (χ3v) is 4.69. The van der Waals surface area contributed by atoms with E-state index in [1.165, 1.54) is 12.1 Å². The number of rotatable bonds is 8. The number of nitrogens with zero attached hydrogens (tertiary/aromatic N) is 2. The van der Waals surface area contributed by atoms with Crippen LogP contribution in [0.1, 0.15) is 53.1 Å². The monoisotopic (exact) mass is 421 g/mol. The van der Waals surface area contributed by atoms with E-state index in [1.54, 1.807) is 32.2 Å². The highest BCUT2D eigenvalue weighted by molar-refractivity contribution is 5.96. The Morgan fingerprint density at radius 2 is 2.00 bits per heavy atom. The molecule has 1 atom stereocenters. The molecule has 0 spiro atoms. The van der Waals surface area contributed by atoms with E-state index < -0.39 is 24.7 Å². The number of ether oxygens (including phenoxy) is 1. The molecular formula is C21H22F3N3O3. The number of aryl methyl sites for hydroxylation is 1. The van der Waals surface area contributed by atoms with Gasteiger partial charge in [0.1, 0.15) is 11.3 Å². The van der Waals surface area contributed by atoms with Gasteiger partial charge in [-0.25, -0.2) is 4.98 Å². The quantitative estimate of drug-likeness (QED) is 0.702. The number of carbonyl (C=O) groups is 2. The number of halogens is 3. The fraction of sp³-hybridized carbons (Fsp3) is 0.429. The van der Waals surface area contributed by atoms with Crippen molar-refractivity contribution in [2.24, 2.45) is 5.92 Å². The van der Waals surface area contributed by atoms with Gasteiger partial charge in [0.25, 0.3) is 5.91 Å². The minimum absolute atomic E-state index is 0.0881. The Morgan fingerprint density at radius 3 is 2.67 bits per heavy atom. The Kier molecular flexibility index (Phi) is 6.38. The van der Waals surface area contributed by atoms with Gasteiger partial charge in [0, 0.05) is 29.9 Å². The van der Waals surface area contributed by atoms with Gasteiger partial charge in [-0.1, -0.05) is 0 Å². The van der Waals surface area contributed by atoms with Gasteiger partial charge in [0.2, 0.25) is 5.88 Å². The molecule has 1 N–H and O–H groups in total. The van der Waals surface area contributed by atoms with E-state index in [2.05, 4.69) is 15.3 Å². The van der Waals surface area contributed by atoms with Crippen molar-refractivity contribution in [3.63, 3.8) is 0 Å². The fourth-order valence-corrected chi connectivity index (χ4v) is 2.91. The van der Waals surface area contributed by atoms with E-state index in [-0.39, 0.29) is 29.6 Å². The predicted octanol–water partition coefficient (Wildman–Crippen LogP) is 3.74. The average Bonchev–Trinajstić information content (AvgIpc) is 3.51. The lowest BCUT2D eigenvalue weighted by atomic mass is 10.1. The zero-order valence-corrected chi connectivity index (χ0v) is 16.6. The molecule has 2 aromatic heterocycles. The van der Waals surface area contributed by atoms with Crippen LogP contribution in [0.15, 0.2) is 30.5 Å². The van der Waals surface area contributed by atoms with Crippen molar-refractivity contribution in [1.29, 1.82) is 0 Å². The van der Waals surface area contributed by atoms with Crippen molar-refractivity contribution in [1.82, 2.24) is 15.3 Å². The molecule has 1 fully saturated rings. The molecule has 1 aliphatic rings. The Hall–Kier alpha value is -2.97. The van der Waals surface area contributed by atoms with Crippen LogP contribution in [-0.4, -0.2) is 34.4 Å². The standard InChI is InChI=1S/C21H22F3N3O3/c1-12-3-6-17(20(26-12)30-11-21(22,23)24)19(29)27-13(2)15-7-8-25-16(9-15)10-18(28)14-4-5-14/h3,6-9,13-14H,4-5,10-11H2,1-2H3,(H,27,29). The molecule has 2 aromatic rings. The third kappa shape index (κ3) is 6.01. The number of amides is 1. The summed E-state index contributed by atoms with van der Waals surface area (Å²) >= 11 is 0. The third-order valence-electron chi connectivity index (χ3n) is 4.69. The second-order valence-corrected chi connectivity index (χ2v) is 7.40. The summed E-state index contributed by atoms with van der Waals surface area (Å²) in [5.41, 5.74) is 1.69. The second-order valence-electron chi connectivity index (χ2n) is 7.40. The fourth-order valence-electron chi connectivity index (χ4n) is 2.91. The zero-order chi connectivity index (χ0) is 21.9. The van der Waals surface area contributed by atoms with Gasteiger partial charge < -0.3 is 10.1 Å². The van der Waals surface area contributed by atoms with Crippen molar-refractivity contribution >= 4 is 11.7 Å². The number of aromatic nitrogens is 2. The van der Waals surface area contributed by atoms with Crippen molar-refractivity contribution < 1.29 is 27.5 Å². The SMILES string of the molecule is Cc1ccc(C(=O)NC(C)c2ccnc(CC(=O)C3CC3)c2)c(OCC(F)(F)F)n1. The molecule has 0 aromatic carbocycles. The lowest BCUT2D eigenvalue weighted by molar-refractivity contribution is -0.154. The minimum atomic E-state index is -4.54. The first-order chi connectivity index (χ1) is 14.1. The maximum atomic E-state index is 12.7. The van der Waals surface area contributed by atoms with Crippen molar-refractivity contribution in [2.75, 3.05) is 6.61 Å². The molecule has 1 aliphatic carbocycles. The van der Waals surface area contributed by atoms with Crippen LogP contribution in [0.2, 0.25) is 0 Å². The first-order valence-electron chi connectivity index (χ1n) is 9.58. The highest BCUT2D eigenvalue weighted by Gasteiger charge is 2.30. The van der Waals surface area contributed by atoms with Crippen LogP contribution in [0, 0.1) is 12.8 Å². The van der Waals surface area contributed by atoms with Gasteiger partial charge in [-0.2, -0.15) is 13.2 Å². The lowest BCUT2D eigenvalue weighted by Gasteiger charge is -2.17. The molecule has 0 radical (unpaired) electrons. The first kappa shape index (κ1) is 21.7. The molecule has 6 nitrogen and oxygen atoms in total. The van der Waals surface area contributed by atoms with Crippen LogP contribution in [0.3, 0.4) is 0 Å². The van der Waals surface area contributed by atoms with Crippen LogP contribution < -0.4 is 10.1 Å². The number of nitrogens with one attached hydrogen (secondary N) is 1. The largest absolute Gasteiger partial charge is 0.467 e. The molecular weight excluding hydrogens is 399 g/mol. The van der Waals surface area contributed by atoms with Gasteiger partial charge in [0.05, 0.1) is 6.04 Å². The van der Waals surface area contributed by atoms with E-state index in [0.717, 1.165) is 18.4 Å². The smallest absolute Gasteiger partial charge is 0.422 e. The van der Waals surface area contributed by atoms with Crippen molar-refractivity contribution in [2.45, 2.75) is 45.3 Å². The molecule has 9 heteroatoms. The number of ketones is 1. The summed E-state index contributed by atoms with van der Waals surface area (Å²) in [7, 11) is 0. The average molecular weight is 421 g/mol. The molecule has 160 valence electrons. The maximum Gasteiger partial charge on any atom is 0.422 e. The molecule has 1 amide bonds. The number of alkyl halides is 3. The Bertz CT molecular complexity index is 943. The van der Waals surface area contributed by atoms with Crippen molar-refractivity contribution in [3.05, 3.63) is 53.0 Å². The Balaban J connectivity index is 1.70. The summed E-state index contributed by atoms with van der Waals surface area (Å²) in [6.45, 7) is 1.78. The summed E-state index contributed by atoms with van der Waals surface area (Å²) in [5, 5.41) is 2.73.